The van der Waals surface area contributed by atoms with Crippen molar-refractivity contribution >= 4 is 23.2 Å². The van der Waals surface area contributed by atoms with Gasteiger partial charge in [0, 0.05) is 31.6 Å². The minimum Gasteiger partial charge on any atom is -0.356 e. The van der Waals surface area contributed by atoms with E-state index >= 15 is 0 Å². The summed E-state index contributed by atoms with van der Waals surface area (Å²) in [5, 5.41) is 8.79. The van der Waals surface area contributed by atoms with Crippen molar-refractivity contribution in [3.63, 3.8) is 0 Å². The molecule has 1 aromatic rings. The van der Waals surface area contributed by atoms with Gasteiger partial charge in [-0.15, -0.1) is 11.3 Å². The van der Waals surface area contributed by atoms with Crippen LogP contribution < -0.4 is 10.6 Å². The highest BCUT2D eigenvalue weighted by Crippen LogP contribution is 2.28. The van der Waals surface area contributed by atoms with E-state index in [0.29, 0.717) is 12.0 Å². The van der Waals surface area contributed by atoms with Gasteiger partial charge < -0.3 is 15.5 Å². The number of nitrogens with zero attached hydrogens (tertiary/aromatic N) is 2. The van der Waals surface area contributed by atoms with Gasteiger partial charge in [-0.1, -0.05) is 13.0 Å². The number of guanidine groups is 1. The fourth-order valence-electron chi connectivity index (χ4n) is 1.90. The van der Waals surface area contributed by atoms with Gasteiger partial charge in [0.25, 0.3) is 0 Å². The van der Waals surface area contributed by atoms with Gasteiger partial charge in [0.2, 0.25) is 5.91 Å². The highest BCUT2D eigenvalue weighted by molar-refractivity contribution is 7.09. The van der Waals surface area contributed by atoms with Crippen LogP contribution in [0.2, 0.25) is 0 Å². The molecule has 5 nitrogen and oxygen atoms in total. The molecule has 1 saturated carbocycles. The molecule has 0 saturated heterocycles. The van der Waals surface area contributed by atoms with E-state index in [-0.39, 0.29) is 12.5 Å². The largest absolute Gasteiger partial charge is 0.356 e. The van der Waals surface area contributed by atoms with E-state index in [1.165, 1.54) is 11.3 Å². The second kappa shape index (κ2) is 7.45. The maximum Gasteiger partial charge on any atom is 0.243 e. The third-order valence-electron chi connectivity index (χ3n) is 3.55. The van der Waals surface area contributed by atoms with Crippen LogP contribution in [0.1, 0.15) is 18.2 Å². The van der Waals surface area contributed by atoms with Crippen molar-refractivity contribution < 1.29 is 4.79 Å². The predicted octanol–water partition coefficient (Wildman–Crippen LogP) is 1.32. The van der Waals surface area contributed by atoms with Crippen LogP contribution in [0.15, 0.2) is 22.5 Å². The lowest BCUT2D eigenvalue weighted by Gasteiger charge is -2.13. The number of amides is 1. The van der Waals surface area contributed by atoms with E-state index in [1.54, 1.807) is 30.3 Å². The van der Waals surface area contributed by atoms with Crippen LogP contribution >= 0.6 is 11.3 Å². The third kappa shape index (κ3) is 5.38. The van der Waals surface area contributed by atoms with E-state index < -0.39 is 0 Å². The second-order valence-electron chi connectivity index (χ2n) is 5.67. The Labute approximate surface area is 130 Å². The van der Waals surface area contributed by atoms with Gasteiger partial charge in [0.05, 0.1) is 0 Å². The number of likely N-dealkylation sites (N-methyl/N-ethyl adjacent to an activating group) is 1. The van der Waals surface area contributed by atoms with Crippen LogP contribution in [0.5, 0.6) is 0 Å². The Balaban J connectivity index is 1.82. The number of thiophene rings is 1. The van der Waals surface area contributed by atoms with E-state index in [0.717, 1.165) is 18.9 Å². The molecule has 0 aromatic carbocycles. The Bertz CT molecular complexity index is 484. The first-order chi connectivity index (χ1) is 10.1. The third-order valence-corrected chi connectivity index (χ3v) is 4.48. The van der Waals surface area contributed by atoms with Crippen molar-refractivity contribution in [3.05, 3.63) is 22.4 Å². The SMILES string of the molecule is C[C@@H]1C[C@@H]1NC(=NCC(=O)N(C)C)NCCc1cccs1. The first-order valence-corrected chi connectivity index (χ1v) is 8.21. The molecular weight excluding hydrogens is 284 g/mol. The number of rotatable bonds is 6. The molecule has 21 heavy (non-hydrogen) atoms. The quantitative estimate of drug-likeness (QED) is 0.616. The second-order valence-corrected chi connectivity index (χ2v) is 6.71. The summed E-state index contributed by atoms with van der Waals surface area (Å²) in [6, 6.07) is 4.69. The number of hydrogen-bond donors (Lipinski definition) is 2. The summed E-state index contributed by atoms with van der Waals surface area (Å²) in [6.07, 6.45) is 2.15. The smallest absolute Gasteiger partial charge is 0.243 e. The topological polar surface area (TPSA) is 56.7 Å². The number of nitrogens with one attached hydrogen (secondary N) is 2. The molecule has 1 heterocycles. The highest BCUT2D eigenvalue weighted by Gasteiger charge is 2.33. The molecule has 2 atom stereocenters. The highest BCUT2D eigenvalue weighted by atomic mass is 32.1. The maximum absolute atomic E-state index is 11.6. The van der Waals surface area contributed by atoms with Gasteiger partial charge in [-0.05, 0) is 30.2 Å². The summed E-state index contributed by atoms with van der Waals surface area (Å²) in [6.45, 7) is 3.22. The molecule has 1 aliphatic rings. The van der Waals surface area contributed by atoms with Crippen molar-refractivity contribution in [3.8, 4) is 0 Å². The lowest BCUT2D eigenvalue weighted by Crippen LogP contribution is -2.41. The lowest BCUT2D eigenvalue weighted by molar-refractivity contribution is -0.127. The molecule has 1 aliphatic carbocycles. The molecule has 6 heteroatoms. The summed E-state index contributed by atoms with van der Waals surface area (Å²) >= 11 is 1.76. The number of hydrogen-bond acceptors (Lipinski definition) is 3. The number of carbonyl (C=O) groups excluding carboxylic acids is 1. The molecule has 0 aliphatic heterocycles. The predicted molar refractivity (Wildman–Crippen MR) is 87.7 cm³/mol. The summed E-state index contributed by atoms with van der Waals surface area (Å²) in [7, 11) is 3.50. The summed E-state index contributed by atoms with van der Waals surface area (Å²) in [5.41, 5.74) is 0. The van der Waals surface area contributed by atoms with Gasteiger partial charge in [-0.3, -0.25) is 4.79 Å². The molecule has 2 rings (SSSR count). The zero-order valence-electron chi connectivity index (χ0n) is 12.9. The average Bonchev–Trinajstić information content (AvgIpc) is 2.92. The molecular formula is C15H24N4OS. The van der Waals surface area contributed by atoms with Gasteiger partial charge in [-0.2, -0.15) is 0 Å². The monoisotopic (exact) mass is 308 g/mol. The zero-order chi connectivity index (χ0) is 15.2. The molecule has 0 radical (unpaired) electrons. The minimum absolute atomic E-state index is 0.0122. The van der Waals surface area contributed by atoms with E-state index in [9.17, 15) is 4.79 Å². The first kappa shape index (κ1) is 15.8. The molecule has 116 valence electrons. The van der Waals surface area contributed by atoms with Crippen molar-refractivity contribution in [1.29, 1.82) is 0 Å². The Morgan fingerprint density at radius 2 is 2.29 bits per heavy atom. The molecule has 2 N–H and O–H groups in total. The number of carbonyl (C=O) groups is 1. The normalized spacial score (nSPS) is 21.0. The van der Waals surface area contributed by atoms with Crippen LogP contribution in [0.3, 0.4) is 0 Å². The average molecular weight is 308 g/mol. The van der Waals surface area contributed by atoms with E-state index in [2.05, 4.69) is 40.1 Å². The summed E-state index contributed by atoms with van der Waals surface area (Å²) < 4.78 is 0. The fraction of sp³-hybridized carbons (Fsp3) is 0.600. The van der Waals surface area contributed by atoms with Gasteiger partial charge in [0.1, 0.15) is 6.54 Å². The standard InChI is InChI=1S/C15H24N4OS/c1-11-9-13(11)18-15(17-10-14(20)19(2)3)16-7-6-12-5-4-8-21-12/h4-5,8,11,13H,6-7,9-10H2,1-3H3,(H2,16,17,18)/t11-,13+/m1/s1. The van der Waals surface area contributed by atoms with Crippen LogP contribution in [-0.2, 0) is 11.2 Å². The van der Waals surface area contributed by atoms with E-state index in [4.69, 9.17) is 0 Å². The van der Waals surface area contributed by atoms with Crippen LogP contribution in [-0.4, -0.2) is 50.0 Å². The molecule has 1 aromatic heterocycles. The first-order valence-electron chi connectivity index (χ1n) is 7.33. The Morgan fingerprint density at radius 1 is 1.52 bits per heavy atom. The van der Waals surface area contributed by atoms with Crippen LogP contribution in [0.25, 0.3) is 0 Å². The van der Waals surface area contributed by atoms with Crippen molar-refractivity contribution in [1.82, 2.24) is 15.5 Å². The number of aliphatic imine (C=N–C) groups is 1. The van der Waals surface area contributed by atoms with Crippen molar-refractivity contribution in [2.45, 2.75) is 25.8 Å². The molecule has 1 amide bonds. The van der Waals surface area contributed by atoms with E-state index in [1.807, 2.05) is 0 Å². The van der Waals surface area contributed by atoms with Crippen molar-refractivity contribution in [2.75, 3.05) is 27.2 Å². The van der Waals surface area contributed by atoms with Crippen molar-refractivity contribution in [2.24, 2.45) is 10.9 Å². The van der Waals surface area contributed by atoms with Crippen LogP contribution in [0, 0.1) is 5.92 Å². The fourth-order valence-corrected chi connectivity index (χ4v) is 2.61. The summed E-state index contributed by atoms with van der Waals surface area (Å²) in [4.78, 5) is 18.9. The molecule has 0 spiro atoms. The zero-order valence-corrected chi connectivity index (χ0v) is 13.7. The maximum atomic E-state index is 11.6. The molecule has 1 fully saturated rings. The molecule has 0 unspecified atom stereocenters. The minimum atomic E-state index is 0.0122. The van der Waals surface area contributed by atoms with Crippen LogP contribution in [0.4, 0.5) is 0 Å². The van der Waals surface area contributed by atoms with Gasteiger partial charge >= 0.3 is 0 Å². The van der Waals surface area contributed by atoms with Gasteiger partial charge in [0.15, 0.2) is 5.96 Å². The Hall–Kier alpha value is -1.56. The van der Waals surface area contributed by atoms with Gasteiger partial charge in [-0.25, -0.2) is 4.99 Å². The lowest BCUT2D eigenvalue weighted by atomic mass is 10.3. The summed E-state index contributed by atoms with van der Waals surface area (Å²) in [5.74, 6) is 1.45. The Kier molecular flexibility index (Phi) is 5.61. The Morgan fingerprint density at radius 3 is 2.86 bits per heavy atom. The molecule has 0 bridgehead atoms.